The summed E-state index contributed by atoms with van der Waals surface area (Å²) in [5, 5.41) is 0.720. The van der Waals surface area contributed by atoms with Gasteiger partial charge in [0.1, 0.15) is 5.60 Å². The lowest BCUT2D eigenvalue weighted by Crippen LogP contribution is -2.43. The van der Waals surface area contributed by atoms with E-state index in [2.05, 4.69) is 0 Å². The van der Waals surface area contributed by atoms with E-state index < -0.39 is 33.7 Å². The fourth-order valence-corrected chi connectivity index (χ4v) is 5.80. The van der Waals surface area contributed by atoms with E-state index >= 15 is 0 Å². The van der Waals surface area contributed by atoms with Crippen molar-refractivity contribution in [1.29, 1.82) is 0 Å². The third-order valence-corrected chi connectivity index (χ3v) is 7.85. The maximum Gasteiger partial charge on any atom is 0.410 e. The van der Waals surface area contributed by atoms with Crippen molar-refractivity contribution in [2.45, 2.75) is 50.7 Å². The molecule has 0 spiro atoms. The van der Waals surface area contributed by atoms with Crippen LogP contribution in [0.25, 0.3) is 16.5 Å². The van der Waals surface area contributed by atoms with Crippen LogP contribution in [0.4, 0.5) is 4.79 Å². The number of nitrogens with zero attached hydrogens (tertiary/aromatic N) is 2. The highest BCUT2D eigenvalue weighted by Crippen LogP contribution is 2.40. The van der Waals surface area contributed by atoms with E-state index in [1.165, 1.54) is 22.1 Å². The van der Waals surface area contributed by atoms with Crippen LogP contribution in [0.2, 0.25) is 0 Å². The number of carbonyl (C=O) groups excluding carboxylic acids is 2. The minimum atomic E-state index is -3.88. The van der Waals surface area contributed by atoms with Crippen molar-refractivity contribution in [3.63, 3.8) is 0 Å². The summed E-state index contributed by atoms with van der Waals surface area (Å²) >= 11 is 0. The van der Waals surface area contributed by atoms with Crippen LogP contribution in [0.1, 0.15) is 37.5 Å². The third-order valence-electron chi connectivity index (χ3n) is 6.16. The van der Waals surface area contributed by atoms with Crippen LogP contribution in [0.3, 0.4) is 0 Å². The second-order valence-electron chi connectivity index (χ2n) is 9.90. The molecule has 0 saturated heterocycles. The summed E-state index contributed by atoms with van der Waals surface area (Å²) in [4.78, 5) is 26.9. The number of aryl methyl sites for hydroxylation is 1. The fourth-order valence-electron chi connectivity index (χ4n) is 4.42. The summed E-state index contributed by atoms with van der Waals surface area (Å²) in [7, 11) is -0.994. The van der Waals surface area contributed by atoms with Gasteiger partial charge in [0.15, 0.2) is 0 Å². The predicted octanol–water partition coefficient (Wildman–Crippen LogP) is 4.53. The van der Waals surface area contributed by atoms with E-state index in [0.29, 0.717) is 23.1 Å². The number of rotatable bonds is 4. The van der Waals surface area contributed by atoms with E-state index in [1.54, 1.807) is 70.4 Å². The average molecular weight is 511 g/mol. The summed E-state index contributed by atoms with van der Waals surface area (Å²) in [6.07, 6.45) is 2.71. The number of amides is 1. The van der Waals surface area contributed by atoms with Crippen LogP contribution in [0.5, 0.6) is 0 Å². The molecular formula is C27H30N2O6S. The molecule has 2 aromatic carbocycles. The Bertz CT molecular complexity index is 1480. The van der Waals surface area contributed by atoms with Crippen LogP contribution in [-0.4, -0.2) is 55.2 Å². The standard InChI is InChI=1S/C27H30N2O6S/c1-17-10-12-19(13-11-17)36(32,33)29-16-18-14-23(28(5)26(31)35-27(2,3)4)21(15-24(30)34-6)20-8-7-9-22(29)25(18)20/h7-13,15-16,23H,14H2,1-6H3/b21-15+. The zero-order valence-corrected chi connectivity index (χ0v) is 22.0. The normalized spacial score (nSPS) is 16.7. The van der Waals surface area contributed by atoms with Crippen LogP contribution < -0.4 is 0 Å². The maximum absolute atomic E-state index is 13.6. The number of likely N-dealkylation sites (N-methyl/N-ethyl adjacent to an activating group) is 1. The molecule has 1 atom stereocenters. The first-order valence-electron chi connectivity index (χ1n) is 11.5. The Hall–Kier alpha value is -3.59. The van der Waals surface area contributed by atoms with Gasteiger partial charge in [-0.1, -0.05) is 29.8 Å². The average Bonchev–Trinajstić information content (AvgIpc) is 3.19. The molecule has 1 aliphatic carbocycles. The molecule has 190 valence electrons. The molecule has 1 aliphatic rings. The summed E-state index contributed by atoms with van der Waals surface area (Å²) in [5.41, 5.74) is 2.72. The molecule has 9 heteroatoms. The van der Waals surface area contributed by atoms with E-state index in [-0.39, 0.29) is 4.90 Å². The second-order valence-corrected chi connectivity index (χ2v) is 11.7. The van der Waals surface area contributed by atoms with Crippen molar-refractivity contribution < 1.29 is 27.5 Å². The van der Waals surface area contributed by atoms with Gasteiger partial charge >= 0.3 is 12.1 Å². The molecule has 3 aromatic rings. The quantitative estimate of drug-likeness (QED) is 0.378. The first-order valence-corrected chi connectivity index (χ1v) is 13.0. The monoisotopic (exact) mass is 510 g/mol. The molecule has 0 bridgehead atoms. The van der Waals surface area contributed by atoms with Gasteiger partial charge in [0.05, 0.1) is 23.6 Å². The number of hydrogen-bond acceptors (Lipinski definition) is 6. The van der Waals surface area contributed by atoms with Crippen LogP contribution in [0, 0.1) is 6.92 Å². The first-order chi connectivity index (χ1) is 16.8. The smallest absolute Gasteiger partial charge is 0.410 e. The van der Waals surface area contributed by atoms with Gasteiger partial charge in [0, 0.05) is 24.7 Å². The topological polar surface area (TPSA) is 94.9 Å². The first kappa shape index (κ1) is 25.5. The molecular weight excluding hydrogens is 480 g/mol. The van der Waals surface area contributed by atoms with Gasteiger partial charge in [-0.3, -0.25) is 0 Å². The Morgan fingerprint density at radius 3 is 2.39 bits per heavy atom. The third kappa shape index (κ3) is 4.63. The van der Waals surface area contributed by atoms with Crippen LogP contribution in [-0.2, 0) is 30.7 Å². The molecule has 0 saturated carbocycles. The highest BCUT2D eigenvalue weighted by molar-refractivity contribution is 7.90. The summed E-state index contributed by atoms with van der Waals surface area (Å²) in [6, 6.07) is 11.4. The highest BCUT2D eigenvalue weighted by atomic mass is 32.2. The van der Waals surface area contributed by atoms with E-state index in [1.807, 2.05) is 13.0 Å². The van der Waals surface area contributed by atoms with Gasteiger partial charge in [-0.2, -0.15) is 0 Å². The number of ether oxygens (including phenoxy) is 2. The minimum Gasteiger partial charge on any atom is -0.466 e. The van der Waals surface area contributed by atoms with Gasteiger partial charge in [-0.25, -0.2) is 22.0 Å². The van der Waals surface area contributed by atoms with Crippen molar-refractivity contribution in [3.05, 3.63) is 71.4 Å². The largest absolute Gasteiger partial charge is 0.466 e. The molecule has 1 heterocycles. The Balaban J connectivity index is 1.89. The predicted molar refractivity (Wildman–Crippen MR) is 137 cm³/mol. The lowest BCUT2D eigenvalue weighted by atomic mass is 9.84. The number of esters is 1. The molecule has 8 nitrogen and oxygen atoms in total. The molecule has 36 heavy (non-hydrogen) atoms. The number of carbonyl (C=O) groups is 2. The minimum absolute atomic E-state index is 0.175. The molecule has 0 N–H and O–H groups in total. The van der Waals surface area contributed by atoms with E-state index in [4.69, 9.17) is 9.47 Å². The van der Waals surface area contributed by atoms with Gasteiger partial charge in [0.25, 0.3) is 10.0 Å². The second kappa shape index (κ2) is 9.13. The van der Waals surface area contributed by atoms with Crippen molar-refractivity contribution in [3.8, 4) is 0 Å². The maximum atomic E-state index is 13.6. The molecule has 1 amide bonds. The number of methoxy groups -OCH3 is 1. The number of hydrogen-bond donors (Lipinski definition) is 0. The van der Waals surface area contributed by atoms with Gasteiger partial charge < -0.3 is 14.4 Å². The van der Waals surface area contributed by atoms with Gasteiger partial charge in [-0.15, -0.1) is 0 Å². The fraction of sp³-hybridized carbons (Fsp3) is 0.333. The molecule has 1 unspecified atom stereocenters. The number of benzene rings is 2. The van der Waals surface area contributed by atoms with Crippen LogP contribution in [0.15, 0.2) is 59.6 Å². The Morgan fingerprint density at radius 2 is 1.78 bits per heavy atom. The zero-order chi connectivity index (χ0) is 26.4. The molecule has 0 fully saturated rings. The molecule has 1 aromatic heterocycles. The van der Waals surface area contributed by atoms with E-state index in [9.17, 15) is 18.0 Å². The SMILES string of the molecule is COC(=O)/C=C1\c2cccc3c2c(cn3S(=O)(=O)c2ccc(C)cc2)CC1N(C)C(=O)OC(C)(C)C. The van der Waals surface area contributed by atoms with Gasteiger partial charge in [-0.05, 0) is 69.0 Å². The molecule has 4 rings (SSSR count). The molecule has 0 radical (unpaired) electrons. The van der Waals surface area contributed by atoms with Crippen LogP contribution >= 0.6 is 0 Å². The lowest BCUT2D eigenvalue weighted by molar-refractivity contribution is -0.134. The summed E-state index contributed by atoms with van der Waals surface area (Å²) in [6.45, 7) is 7.23. The van der Waals surface area contributed by atoms with Crippen molar-refractivity contribution >= 4 is 38.6 Å². The van der Waals surface area contributed by atoms with Crippen molar-refractivity contribution in [2.24, 2.45) is 0 Å². The molecule has 0 aliphatic heterocycles. The Morgan fingerprint density at radius 1 is 1.11 bits per heavy atom. The summed E-state index contributed by atoms with van der Waals surface area (Å²) in [5.74, 6) is -0.570. The number of aromatic nitrogens is 1. The zero-order valence-electron chi connectivity index (χ0n) is 21.2. The highest BCUT2D eigenvalue weighted by Gasteiger charge is 2.35. The van der Waals surface area contributed by atoms with E-state index in [0.717, 1.165) is 16.5 Å². The summed E-state index contributed by atoms with van der Waals surface area (Å²) < 4.78 is 38.9. The lowest BCUT2D eigenvalue weighted by Gasteiger charge is -2.34. The van der Waals surface area contributed by atoms with Crippen molar-refractivity contribution in [1.82, 2.24) is 8.87 Å². The van der Waals surface area contributed by atoms with Crippen molar-refractivity contribution in [2.75, 3.05) is 14.2 Å². The Kier molecular flexibility index (Phi) is 6.47. The Labute approximate surface area is 211 Å². The van der Waals surface area contributed by atoms with Gasteiger partial charge in [0.2, 0.25) is 0 Å².